The number of halogens is 2. The van der Waals surface area contributed by atoms with Gasteiger partial charge in [0.05, 0.1) is 21.8 Å². The molecule has 150 valence electrons. The molecule has 0 radical (unpaired) electrons. The van der Waals surface area contributed by atoms with Crippen LogP contribution in [0.25, 0.3) is 10.9 Å². The number of hydrogen-bond donors (Lipinski definition) is 1. The van der Waals surface area contributed by atoms with Gasteiger partial charge in [-0.25, -0.2) is 4.79 Å². The van der Waals surface area contributed by atoms with E-state index >= 15 is 0 Å². The summed E-state index contributed by atoms with van der Waals surface area (Å²) < 4.78 is 34.6. The first-order valence-corrected chi connectivity index (χ1v) is 10.7. The third kappa shape index (κ3) is 6.27. The number of nitrogens with one attached hydrogen (secondary N) is 1. The maximum absolute atomic E-state index is 11.8. The maximum Gasteiger partial charge on any atom is 0.407 e. The first-order valence-electron chi connectivity index (χ1n) is 8.15. The summed E-state index contributed by atoms with van der Waals surface area (Å²) in [6.07, 6.45) is 0.436. The minimum Gasteiger partial charge on any atom is -0.444 e. The number of fused-ring (bicyclic) bond motifs is 1. The Morgan fingerprint density at radius 3 is 2.52 bits per heavy atom. The van der Waals surface area contributed by atoms with Crippen molar-refractivity contribution in [2.45, 2.75) is 39.5 Å². The van der Waals surface area contributed by atoms with Gasteiger partial charge < -0.3 is 14.6 Å². The molecule has 1 heterocycles. The lowest BCUT2D eigenvalue weighted by molar-refractivity contribution is 0.0526. The summed E-state index contributed by atoms with van der Waals surface area (Å²) >= 11 is 12.5. The highest BCUT2D eigenvalue weighted by molar-refractivity contribution is 7.85. The molecule has 0 aliphatic carbocycles. The van der Waals surface area contributed by atoms with Crippen LogP contribution in [0.1, 0.15) is 26.5 Å². The lowest BCUT2D eigenvalue weighted by Crippen LogP contribution is -2.34. The Hall–Kier alpha value is -1.48. The van der Waals surface area contributed by atoms with E-state index in [-0.39, 0.29) is 13.2 Å². The van der Waals surface area contributed by atoms with Crippen molar-refractivity contribution in [3.8, 4) is 0 Å². The minimum absolute atomic E-state index is 0.159. The lowest BCUT2D eigenvalue weighted by Gasteiger charge is -2.20. The summed E-state index contributed by atoms with van der Waals surface area (Å²) in [5.41, 5.74) is 0.628. The predicted molar refractivity (Wildman–Crippen MR) is 106 cm³/mol. The van der Waals surface area contributed by atoms with Gasteiger partial charge in [-0.15, -0.1) is 0 Å². The molecule has 0 aliphatic heterocycles. The second kappa shape index (κ2) is 8.26. The maximum atomic E-state index is 11.8. The molecule has 1 aromatic heterocycles. The molecule has 0 unspecified atom stereocenters. The van der Waals surface area contributed by atoms with E-state index in [1.807, 2.05) is 0 Å². The molecule has 0 atom stereocenters. The molecule has 0 fully saturated rings. The summed E-state index contributed by atoms with van der Waals surface area (Å²) in [6.45, 7) is 5.73. The van der Waals surface area contributed by atoms with Crippen molar-refractivity contribution in [2.75, 3.05) is 12.8 Å². The van der Waals surface area contributed by atoms with E-state index in [1.54, 1.807) is 43.5 Å². The normalized spacial score (nSPS) is 12.4. The van der Waals surface area contributed by atoms with Crippen molar-refractivity contribution >= 4 is 50.3 Å². The van der Waals surface area contributed by atoms with Crippen LogP contribution in [0.15, 0.2) is 18.2 Å². The van der Waals surface area contributed by atoms with Crippen LogP contribution in [0.3, 0.4) is 0 Å². The van der Waals surface area contributed by atoms with Gasteiger partial charge in [-0.2, -0.15) is 8.42 Å². The summed E-state index contributed by atoms with van der Waals surface area (Å²) in [6, 6.07) is 5.22. The largest absolute Gasteiger partial charge is 0.444 e. The quantitative estimate of drug-likeness (QED) is 0.692. The second-order valence-electron chi connectivity index (χ2n) is 6.98. The topological polar surface area (TPSA) is 86.6 Å². The van der Waals surface area contributed by atoms with Crippen molar-refractivity contribution in [2.24, 2.45) is 0 Å². The van der Waals surface area contributed by atoms with Gasteiger partial charge in [-0.1, -0.05) is 29.3 Å². The Balaban J connectivity index is 2.26. The predicted octanol–water partition coefficient (Wildman–Crippen LogP) is 3.95. The third-order valence-corrected chi connectivity index (χ3v) is 4.80. The van der Waals surface area contributed by atoms with Crippen LogP contribution < -0.4 is 5.32 Å². The monoisotopic (exact) mass is 436 g/mol. The molecule has 1 amide bonds. The van der Waals surface area contributed by atoms with Gasteiger partial charge in [0, 0.05) is 24.2 Å². The van der Waals surface area contributed by atoms with Gasteiger partial charge in [0.2, 0.25) is 0 Å². The van der Waals surface area contributed by atoms with Gasteiger partial charge in [0.25, 0.3) is 10.1 Å². The molecule has 10 heteroatoms. The van der Waals surface area contributed by atoms with Crippen LogP contribution in [-0.2, 0) is 32.2 Å². The van der Waals surface area contributed by atoms with Gasteiger partial charge in [-0.3, -0.25) is 4.18 Å². The van der Waals surface area contributed by atoms with E-state index in [4.69, 9.17) is 32.1 Å². The zero-order chi connectivity index (χ0) is 20.4. The molecule has 2 aromatic rings. The second-order valence-corrected chi connectivity index (χ2v) is 9.41. The van der Waals surface area contributed by atoms with Crippen molar-refractivity contribution in [3.05, 3.63) is 33.9 Å². The first kappa shape index (κ1) is 21.8. The van der Waals surface area contributed by atoms with Crippen molar-refractivity contribution in [3.63, 3.8) is 0 Å². The Bertz CT molecular complexity index is 948. The number of carbonyl (C=O) groups is 1. The number of carbonyl (C=O) groups excluding carboxylic acids is 1. The van der Waals surface area contributed by atoms with Crippen molar-refractivity contribution < 1.29 is 22.1 Å². The van der Waals surface area contributed by atoms with E-state index in [2.05, 4.69) is 5.32 Å². The molecule has 0 spiro atoms. The van der Waals surface area contributed by atoms with Crippen LogP contribution in [0.2, 0.25) is 10.0 Å². The van der Waals surface area contributed by atoms with Crippen LogP contribution in [0, 0.1) is 0 Å². The average molecular weight is 437 g/mol. The Morgan fingerprint density at radius 1 is 1.26 bits per heavy atom. The molecule has 27 heavy (non-hydrogen) atoms. The zero-order valence-electron chi connectivity index (χ0n) is 15.5. The van der Waals surface area contributed by atoms with Crippen LogP contribution in [0.4, 0.5) is 4.79 Å². The number of ether oxygens (including phenoxy) is 1. The van der Waals surface area contributed by atoms with Gasteiger partial charge in [-0.05, 0) is 32.9 Å². The Morgan fingerprint density at radius 2 is 1.93 bits per heavy atom. The van der Waals surface area contributed by atoms with Crippen LogP contribution in [0.5, 0.6) is 0 Å². The van der Waals surface area contributed by atoms with Crippen LogP contribution in [-0.4, -0.2) is 37.5 Å². The molecular formula is C17H22Cl2N2O5S. The molecule has 0 saturated heterocycles. The van der Waals surface area contributed by atoms with Gasteiger partial charge >= 0.3 is 6.09 Å². The van der Waals surface area contributed by atoms with Gasteiger partial charge in [0.1, 0.15) is 12.2 Å². The Labute approximate surface area is 168 Å². The van der Waals surface area contributed by atoms with E-state index in [0.29, 0.717) is 27.8 Å². The van der Waals surface area contributed by atoms with Gasteiger partial charge in [0.15, 0.2) is 0 Å². The molecular weight excluding hydrogens is 415 g/mol. The highest BCUT2D eigenvalue weighted by atomic mass is 35.5. The number of aromatic nitrogens is 1. The van der Waals surface area contributed by atoms with Crippen molar-refractivity contribution in [1.29, 1.82) is 0 Å². The smallest absolute Gasteiger partial charge is 0.407 e. The van der Waals surface area contributed by atoms with E-state index in [0.717, 1.165) is 11.6 Å². The molecule has 0 aliphatic rings. The molecule has 0 saturated carbocycles. The number of nitrogens with zero attached hydrogens (tertiary/aromatic N) is 1. The van der Waals surface area contributed by atoms with Crippen molar-refractivity contribution in [1.82, 2.24) is 9.88 Å². The Kier molecular flexibility index (Phi) is 6.68. The fourth-order valence-corrected chi connectivity index (χ4v) is 3.23. The summed E-state index contributed by atoms with van der Waals surface area (Å²) in [5.74, 6) is 0. The fourth-order valence-electron chi connectivity index (χ4n) is 2.47. The molecule has 1 aromatic carbocycles. The van der Waals surface area contributed by atoms with E-state index in [9.17, 15) is 13.2 Å². The summed E-state index contributed by atoms with van der Waals surface area (Å²) in [4.78, 5) is 11.8. The molecule has 2 rings (SSSR count). The number of alkyl carbamates (subject to hydrolysis) is 1. The zero-order valence-corrected chi connectivity index (χ0v) is 17.8. The third-order valence-electron chi connectivity index (χ3n) is 3.46. The molecule has 7 nitrogen and oxygen atoms in total. The summed E-state index contributed by atoms with van der Waals surface area (Å²) in [5, 5.41) is 4.16. The van der Waals surface area contributed by atoms with Crippen LogP contribution >= 0.6 is 23.2 Å². The summed E-state index contributed by atoms with van der Waals surface area (Å²) in [7, 11) is -3.61. The van der Waals surface area contributed by atoms with E-state index < -0.39 is 21.8 Å². The average Bonchev–Trinajstić information content (AvgIpc) is 2.85. The number of hydrogen-bond acceptors (Lipinski definition) is 5. The molecule has 1 N–H and O–H groups in total. The highest BCUT2D eigenvalue weighted by Crippen LogP contribution is 2.33. The number of rotatable bonds is 6. The SMILES string of the molecule is CC(C)(C)OC(=O)NCCn1c(COS(C)(=O)=O)cc2ccc(Cl)c(Cl)c21. The standard InChI is InChI=1S/C17H22Cl2N2O5S/c1-17(2,3)26-16(22)20-7-8-21-12(10-25-27(4,23)24)9-11-5-6-13(18)14(19)15(11)21/h5-6,9H,7-8,10H2,1-4H3,(H,20,22). The first-order chi connectivity index (χ1) is 12.4. The van der Waals surface area contributed by atoms with E-state index in [1.165, 1.54) is 0 Å². The molecule has 0 bridgehead atoms. The minimum atomic E-state index is -3.61. The highest BCUT2D eigenvalue weighted by Gasteiger charge is 2.18. The number of benzene rings is 1. The fraction of sp³-hybridized carbons (Fsp3) is 0.471. The lowest BCUT2D eigenvalue weighted by atomic mass is 10.2. The number of amides is 1.